The smallest absolute Gasteiger partial charge is 0.137 e. The highest BCUT2D eigenvalue weighted by molar-refractivity contribution is 5.39. The van der Waals surface area contributed by atoms with Gasteiger partial charge < -0.3 is 14.2 Å². The summed E-state index contributed by atoms with van der Waals surface area (Å²) >= 11 is 0. The molecule has 2 atom stereocenters. The number of rotatable bonds is 5. The lowest BCUT2D eigenvalue weighted by Gasteiger charge is -2.11. The van der Waals surface area contributed by atoms with Gasteiger partial charge in [0.2, 0.25) is 0 Å². The van der Waals surface area contributed by atoms with Crippen LogP contribution in [0.4, 0.5) is 0 Å². The van der Waals surface area contributed by atoms with Crippen LogP contribution in [0, 0.1) is 0 Å². The third kappa shape index (κ3) is 2.96. The van der Waals surface area contributed by atoms with Gasteiger partial charge in [-0.2, -0.15) is 0 Å². The molecule has 1 fully saturated rings. The number of pyridine rings is 1. The van der Waals surface area contributed by atoms with Crippen molar-refractivity contribution in [2.24, 2.45) is 0 Å². The topological polar surface area (TPSA) is 46.8 Å². The zero-order chi connectivity index (χ0) is 13.1. The average Bonchev–Trinajstić information content (AvgIpc) is 3.07. The molecule has 3 rings (SSSR count). The Morgan fingerprint density at radius 2 is 2.42 bits per heavy atom. The van der Waals surface area contributed by atoms with Gasteiger partial charge in [0.25, 0.3) is 0 Å². The van der Waals surface area contributed by atoms with E-state index in [4.69, 9.17) is 4.74 Å². The van der Waals surface area contributed by atoms with Crippen LogP contribution in [-0.4, -0.2) is 27.2 Å². The van der Waals surface area contributed by atoms with E-state index in [1.54, 1.807) is 0 Å². The van der Waals surface area contributed by atoms with Gasteiger partial charge in [-0.15, -0.1) is 0 Å². The summed E-state index contributed by atoms with van der Waals surface area (Å²) in [5.41, 5.74) is 1.65. The summed E-state index contributed by atoms with van der Waals surface area (Å²) in [4.78, 5) is 4.44. The normalized spacial score (nSPS) is 21.0. The Balaban J connectivity index is 1.55. The first-order valence-corrected chi connectivity index (χ1v) is 7.06. The Bertz CT molecular complexity index is 499. The Hall–Kier alpha value is -1.39. The van der Waals surface area contributed by atoms with Crippen molar-refractivity contribution < 1.29 is 9.84 Å². The summed E-state index contributed by atoms with van der Waals surface area (Å²) in [5, 5.41) is 10.2. The predicted octanol–water partition coefficient (Wildman–Crippen LogP) is 2.72. The first-order chi connectivity index (χ1) is 9.33. The maximum absolute atomic E-state index is 10.2. The van der Waals surface area contributed by atoms with Gasteiger partial charge in [0, 0.05) is 19.0 Å². The summed E-state index contributed by atoms with van der Waals surface area (Å²) in [6, 6.07) is 5.86. The first kappa shape index (κ1) is 12.6. The van der Waals surface area contributed by atoms with E-state index in [-0.39, 0.29) is 0 Å². The molecule has 102 valence electrons. The Morgan fingerprint density at radius 3 is 3.21 bits per heavy atom. The second kappa shape index (κ2) is 5.72. The van der Waals surface area contributed by atoms with Crippen molar-refractivity contribution in [1.29, 1.82) is 0 Å². The maximum Gasteiger partial charge on any atom is 0.137 e. The van der Waals surface area contributed by atoms with Crippen molar-refractivity contribution in [1.82, 2.24) is 9.38 Å². The summed E-state index contributed by atoms with van der Waals surface area (Å²) in [6.07, 6.45) is 8.93. The third-order valence-electron chi connectivity index (χ3n) is 3.75. The Morgan fingerprint density at radius 1 is 1.47 bits per heavy atom. The van der Waals surface area contributed by atoms with Crippen molar-refractivity contribution in [3.63, 3.8) is 0 Å². The molecule has 2 unspecified atom stereocenters. The van der Waals surface area contributed by atoms with Gasteiger partial charge in [0.15, 0.2) is 0 Å². The van der Waals surface area contributed by atoms with E-state index in [9.17, 15) is 5.11 Å². The molecule has 0 bridgehead atoms. The Kier molecular flexibility index (Phi) is 3.80. The molecule has 1 saturated heterocycles. The number of aliphatic hydroxyl groups excluding tert-OH is 1. The average molecular weight is 260 g/mol. The van der Waals surface area contributed by atoms with Gasteiger partial charge in [-0.25, -0.2) is 4.98 Å². The number of hydrogen-bond acceptors (Lipinski definition) is 3. The zero-order valence-electron chi connectivity index (χ0n) is 11.0. The van der Waals surface area contributed by atoms with Crippen LogP contribution in [-0.2, 0) is 4.74 Å². The fourth-order valence-corrected chi connectivity index (χ4v) is 2.67. The van der Waals surface area contributed by atoms with Crippen molar-refractivity contribution in [2.75, 3.05) is 6.61 Å². The van der Waals surface area contributed by atoms with Gasteiger partial charge in [-0.1, -0.05) is 6.07 Å². The molecule has 0 amide bonds. The zero-order valence-corrected chi connectivity index (χ0v) is 11.0. The highest BCUT2D eigenvalue weighted by Crippen LogP contribution is 2.23. The molecule has 19 heavy (non-hydrogen) atoms. The molecule has 3 heterocycles. The quantitative estimate of drug-likeness (QED) is 0.899. The van der Waals surface area contributed by atoms with Crippen LogP contribution in [0.25, 0.3) is 5.65 Å². The molecule has 1 aliphatic rings. The van der Waals surface area contributed by atoms with Gasteiger partial charge in [-0.3, -0.25) is 0 Å². The number of imidazole rings is 1. The molecule has 4 heteroatoms. The highest BCUT2D eigenvalue weighted by Gasteiger charge is 2.17. The summed E-state index contributed by atoms with van der Waals surface area (Å²) in [5.74, 6) is 0. The fraction of sp³-hybridized carbons (Fsp3) is 0.533. The van der Waals surface area contributed by atoms with Gasteiger partial charge in [0.1, 0.15) is 5.65 Å². The standard InChI is InChI=1S/C15H20N2O2/c18-14(7-3-5-12-6-4-10-19-12)13-11-17-9-2-1-8-15(17)16-13/h1-2,8-9,11-12,14,18H,3-7,10H2. The van der Waals surface area contributed by atoms with E-state index in [0.29, 0.717) is 6.10 Å². The number of fused-ring (bicyclic) bond motifs is 1. The lowest BCUT2D eigenvalue weighted by Crippen LogP contribution is -2.06. The summed E-state index contributed by atoms with van der Waals surface area (Å²) < 4.78 is 7.53. The molecule has 1 N–H and O–H groups in total. The van der Waals surface area contributed by atoms with Crippen molar-refractivity contribution >= 4 is 5.65 Å². The second-order valence-corrected chi connectivity index (χ2v) is 5.21. The molecule has 0 spiro atoms. The largest absolute Gasteiger partial charge is 0.387 e. The molecule has 0 radical (unpaired) electrons. The van der Waals surface area contributed by atoms with Gasteiger partial charge in [0.05, 0.1) is 17.9 Å². The predicted molar refractivity (Wildman–Crippen MR) is 73.0 cm³/mol. The monoisotopic (exact) mass is 260 g/mol. The lowest BCUT2D eigenvalue weighted by molar-refractivity contribution is 0.0940. The fourth-order valence-electron chi connectivity index (χ4n) is 2.67. The molecule has 2 aromatic heterocycles. The molecular formula is C15H20N2O2. The molecule has 0 aromatic carbocycles. The van der Waals surface area contributed by atoms with Crippen molar-refractivity contribution in [3.05, 3.63) is 36.3 Å². The van der Waals surface area contributed by atoms with Crippen LogP contribution in [0.3, 0.4) is 0 Å². The second-order valence-electron chi connectivity index (χ2n) is 5.21. The van der Waals surface area contributed by atoms with E-state index in [1.807, 2.05) is 35.0 Å². The van der Waals surface area contributed by atoms with E-state index in [0.717, 1.165) is 37.2 Å². The third-order valence-corrected chi connectivity index (χ3v) is 3.75. The summed E-state index contributed by atoms with van der Waals surface area (Å²) in [6.45, 7) is 0.902. The number of ether oxygens (including phenoxy) is 1. The highest BCUT2D eigenvalue weighted by atomic mass is 16.5. The van der Waals surface area contributed by atoms with Crippen molar-refractivity contribution in [2.45, 2.75) is 44.3 Å². The van der Waals surface area contributed by atoms with Crippen LogP contribution >= 0.6 is 0 Å². The Labute approximate surface area is 113 Å². The maximum atomic E-state index is 10.2. The van der Waals surface area contributed by atoms with Crippen LogP contribution in [0.5, 0.6) is 0 Å². The van der Waals surface area contributed by atoms with E-state index >= 15 is 0 Å². The number of nitrogens with zero attached hydrogens (tertiary/aromatic N) is 2. The summed E-state index contributed by atoms with van der Waals surface area (Å²) in [7, 11) is 0. The molecular weight excluding hydrogens is 240 g/mol. The van der Waals surface area contributed by atoms with E-state index in [2.05, 4.69) is 4.98 Å². The van der Waals surface area contributed by atoms with Gasteiger partial charge in [-0.05, 0) is 44.2 Å². The van der Waals surface area contributed by atoms with Crippen molar-refractivity contribution in [3.8, 4) is 0 Å². The van der Waals surface area contributed by atoms with Crippen LogP contribution in [0.2, 0.25) is 0 Å². The van der Waals surface area contributed by atoms with Gasteiger partial charge >= 0.3 is 0 Å². The molecule has 0 aliphatic carbocycles. The number of aliphatic hydroxyl groups is 1. The molecule has 4 nitrogen and oxygen atoms in total. The lowest BCUT2D eigenvalue weighted by atomic mass is 10.1. The van der Waals surface area contributed by atoms with E-state index < -0.39 is 6.10 Å². The van der Waals surface area contributed by atoms with Crippen LogP contribution in [0.15, 0.2) is 30.6 Å². The first-order valence-electron chi connectivity index (χ1n) is 7.06. The minimum atomic E-state index is -0.471. The number of aromatic nitrogens is 2. The van der Waals surface area contributed by atoms with E-state index in [1.165, 1.54) is 12.8 Å². The minimum absolute atomic E-state index is 0.410. The minimum Gasteiger partial charge on any atom is -0.387 e. The molecule has 2 aromatic rings. The number of hydrogen-bond donors (Lipinski definition) is 1. The molecule has 1 aliphatic heterocycles. The van der Waals surface area contributed by atoms with Crippen LogP contribution in [0.1, 0.15) is 43.9 Å². The SMILES string of the molecule is OC(CCCC1CCCO1)c1cn2ccccc2n1. The van der Waals surface area contributed by atoms with Crippen LogP contribution < -0.4 is 0 Å². The molecule has 0 saturated carbocycles.